The Morgan fingerprint density at radius 1 is 1.33 bits per heavy atom. The number of rotatable bonds is 7. The lowest BCUT2D eigenvalue weighted by Crippen LogP contribution is -2.07. The zero-order chi connectivity index (χ0) is 10.9. The lowest BCUT2D eigenvalue weighted by atomic mass is 10.4. The van der Waals surface area contributed by atoms with Gasteiger partial charge in [-0.1, -0.05) is 13.3 Å². The summed E-state index contributed by atoms with van der Waals surface area (Å²) in [5, 5.41) is 0. The monoisotopic (exact) mass is 210 g/mol. The van der Waals surface area contributed by atoms with Crippen molar-refractivity contribution >= 4 is 5.82 Å². The Kier molecular flexibility index (Phi) is 5.55. The molecule has 84 valence electrons. The number of ether oxygens (including phenoxy) is 2. The van der Waals surface area contributed by atoms with Crippen LogP contribution in [0.3, 0.4) is 0 Å². The topological polar surface area (TPSA) is 57.4 Å². The summed E-state index contributed by atoms with van der Waals surface area (Å²) in [4.78, 5) is 3.88. The van der Waals surface area contributed by atoms with Crippen molar-refractivity contribution in [3.05, 3.63) is 18.3 Å². The minimum Gasteiger partial charge on any atom is -0.491 e. The molecular formula is C11H18N2O2. The SMILES string of the molecule is CCCCOCCOc1ccnc(N)c1. The molecule has 1 rings (SSSR count). The van der Waals surface area contributed by atoms with Gasteiger partial charge in [0.1, 0.15) is 18.2 Å². The van der Waals surface area contributed by atoms with Crippen LogP contribution in [-0.4, -0.2) is 24.8 Å². The summed E-state index contributed by atoms with van der Waals surface area (Å²) < 4.78 is 10.8. The highest BCUT2D eigenvalue weighted by molar-refractivity contribution is 5.35. The Labute approximate surface area is 90.4 Å². The van der Waals surface area contributed by atoms with Crippen LogP contribution in [0.5, 0.6) is 5.75 Å². The minimum absolute atomic E-state index is 0.472. The van der Waals surface area contributed by atoms with Gasteiger partial charge in [0.05, 0.1) is 6.61 Å². The standard InChI is InChI=1S/C11H18N2O2/c1-2-3-6-14-7-8-15-10-4-5-13-11(12)9-10/h4-5,9H,2-3,6-8H2,1H3,(H2,12,13). The van der Waals surface area contributed by atoms with Gasteiger partial charge in [0, 0.05) is 18.9 Å². The van der Waals surface area contributed by atoms with E-state index < -0.39 is 0 Å². The Morgan fingerprint density at radius 3 is 2.93 bits per heavy atom. The molecule has 4 nitrogen and oxygen atoms in total. The van der Waals surface area contributed by atoms with E-state index in [1.165, 1.54) is 0 Å². The van der Waals surface area contributed by atoms with Crippen LogP contribution in [0.25, 0.3) is 0 Å². The van der Waals surface area contributed by atoms with E-state index in [0.29, 0.717) is 19.0 Å². The van der Waals surface area contributed by atoms with E-state index in [-0.39, 0.29) is 0 Å². The third-order valence-corrected chi connectivity index (χ3v) is 1.89. The van der Waals surface area contributed by atoms with Gasteiger partial charge in [0.2, 0.25) is 0 Å². The van der Waals surface area contributed by atoms with Crippen molar-refractivity contribution in [1.29, 1.82) is 0 Å². The fourth-order valence-electron chi connectivity index (χ4n) is 1.08. The molecule has 15 heavy (non-hydrogen) atoms. The number of anilines is 1. The smallest absolute Gasteiger partial charge is 0.126 e. The van der Waals surface area contributed by atoms with E-state index in [4.69, 9.17) is 15.2 Å². The molecule has 0 radical (unpaired) electrons. The van der Waals surface area contributed by atoms with Gasteiger partial charge >= 0.3 is 0 Å². The lowest BCUT2D eigenvalue weighted by Gasteiger charge is -2.06. The maximum Gasteiger partial charge on any atom is 0.126 e. The molecule has 0 aliphatic rings. The maximum atomic E-state index is 5.51. The van der Waals surface area contributed by atoms with E-state index in [1.807, 2.05) is 0 Å². The minimum atomic E-state index is 0.472. The fourth-order valence-corrected chi connectivity index (χ4v) is 1.08. The number of hydrogen-bond acceptors (Lipinski definition) is 4. The maximum absolute atomic E-state index is 5.51. The highest BCUT2D eigenvalue weighted by atomic mass is 16.5. The molecule has 1 aromatic rings. The van der Waals surface area contributed by atoms with Crippen LogP contribution >= 0.6 is 0 Å². The highest BCUT2D eigenvalue weighted by Crippen LogP contribution is 2.11. The summed E-state index contributed by atoms with van der Waals surface area (Å²) in [6.45, 7) is 4.10. The lowest BCUT2D eigenvalue weighted by molar-refractivity contribution is 0.0980. The van der Waals surface area contributed by atoms with Gasteiger partial charge in [0.25, 0.3) is 0 Å². The van der Waals surface area contributed by atoms with E-state index in [0.717, 1.165) is 25.2 Å². The van der Waals surface area contributed by atoms with Gasteiger partial charge in [0.15, 0.2) is 0 Å². The zero-order valence-corrected chi connectivity index (χ0v) is 9.11. The quantitative estimate of drug-likeness (QED) is 0.698. The number of pyridine rings is 1. The van der Waals surface area contributed by atoms with Crippen molar-refractivity contribution in [1.82, 2.24) is 4.98 Å². The first kappa shape index (κ1) is 11.8. The Bertz CT molecular complexity index is 279. The second-order valence-corrected chi connectivity index (χ2v) is 3.23. The van der Waals surface area contributed by atoms with Gasteiger partial charge in [-0.25, -0.2) is 4.98 Å². The number of unbranched alkanes of at least 4 members (excludes halogenated alkanes) is 1. The number of nitrogens with two attached hydrogens (primary N) is 1. The number of hydrogen-bond donors (Lipinski definition) is 1. The molecule has 1 aromatic heterocycles. The number of nitrogens with zero attached hydrogens (tertiary/aromatic N) is 1. The van der Waals surface area contributed by atoms with Crippen molar-refractivity contribution in [2.24, 2.45) is 0 Å². The molecule has 0 spiro atoms. The van der Waals surface area contributed by atoms with E-state index in [9.17, 15) is 0 Å². The number of nitrogen functional groups attached to an aromatic ring is 1. The summed E-state index contributed by atoms with van der Waals surface area (Å²) in [5.74, 6) is 1.21. The molecule has 0 saturated heterocycles. The zero-order valence-electron chi connectivity index (χ0n) is 9.11. The molecule has 0 aliphatic heterocycles. The molecule has 0 amide bonds. The molecule has 0 fully saturated rings. The Morgan fingerprint density at radius 2 is 2.20 bits per heavy atom. The van der Waals surface area contributed by atoms with Crippen LogP contribution in [0.4, 0.5) is 5.82 Å². The average molecular weight is 210 g/mol. The van der Waals surface area contributed by atoms with Crippen molar-refractivity contribution in [2.75, 3.05) is 25.6 Å². The highest BCUT2D eigenvalue weighted by Gasteiger charge is 1.94. The van der Waals surface area contributed by atoms with Gasteiger partial charge < -0.3 is 15.2 Å². The molecule has 0 bridgehead atoms. The summed E-state index contributed by atoms with van der Waals surface area (Å²) in [5.41, 5.74) is 5.51. The molecular weight excluding hydrogens is 192 g/mol. The predicted molar refractivity (Wildman–Crippen MR) is 59.9 cm³/mol. The predicted octanol–water partition coefficient (Wildman–Crippen LogP) is 1.86. The van der Waals surface area contributed by atoms with Crippen LogP contribution in [-0.2, 0) is 4.74 Å². The third kappa shape index (κ3) is 5.22. The molecule has 0 aromatic carbocycles. The first-order valence-electron chi connectivity index (χ1n) is 5.25. The first-order chi connectivity index (χ1) is 7.33. The largest absolute Gasteiger partial charge is 0.491 e. The van der Waals surface area contributed by atoms with Crippen molar-refractivity contribution in [3.8, 4) is 5.75 Å². The van der Waals surface area contributed by atoms with Gasteiger partial charge in [-0.2, -0.15) is 0 Å². The van der Waals surface area contributed by atoms with Crippen molar-refractivity contribution < 1.29 is 9.47 Å². The summed E-state index contributed by atoms with van der Waals surface area (Å²) in [7, 11) is 0. The Hall–Kier alpha value is -1.29. The van der Waals surface area contributed by atoms with E-state index in [1.54, 1.807) is 18.3 Å². The summed E-state index contributed by atoms with van der Waals surface area (Å²) in [6.07, 6.45) is 3.88. The second kappa shape index (κ2) is 7.06. The van der Waals surface area contributed by atoms with Crippen LogP contribution in [0.2, 0.25) is 0 Å². The van der Waals surface area contributed by atoms with Gasteiger partial charge in [-0.05, 0) is 12.5 Å². The van der Waals surface area contributed by atoms with Crippen LogP contribution in [0.1, 0.15) is 19.8 Å². The molecule has 0 aliphatic carbocycles. The normalized spacial score (nSPS) is 10.2. The van der Waals surface area contributed by atoms with Crippen molar-refractivity contribution in [2.45, 2.75) is 19.8 Å². The van der Waals surface area contributed by atoms with Gasteiger partial charge in [-0.15, -0.1) is 0 Å². The molecule has 4 heteroatoms. The van der Waals surface area contributed by atoms with E-state index in [2.05, 4.69) is 11.9 Å². The summed E-state index contributed by atoms with van der Waals surface area (Å²) >= 11 is 0. The summed E-state index contributed by atoms with van der Waals surface area (Å²) in [6, 6.07) is 3.48. The van der Waals surface area contributed by atoms with Crippen LogP contribution < -0.4 is 10.5 Å². The molecule has 0 saturated carbocycles. The number of aromatic nitrogens is 1. The van der Waals surface area contributed by atoms with Crippen molar-refractivity contribution in [3.63, 3.8) is 0 Å². The Balaban J connectivity index is 2.10. The van der Waals surface area contributed by atoms with Crippen LogP contribution in [0, 0.1) is 0 Å². The molecule has 2 N–H and O–H groups in total. The molecule has 0 atom stereocenters. The molecule has 1 heterocycles. The fraction of sp³-hybridized carbons (Fsp3) is 0.545. The van der Waals surface area contributed by atoms with Crippen LogP contribution in [0.15, 0.2) is 18.3 Å². The first-order valence-corrected chi connectivity index (χ1v) is 5.25. The molecule has 0 unspecified atom stereocenters. The van der Waals surface area contributed by atoms with E-state index >= 15 is 0 Å². The third-order valence-electron chi connectivity index (χ3n) is 1.89. The average Bonchev–Trinajstić information content (AvgIpc) is 2.23. The second-order valence-electron chi connectivity index (χ2n) is 3.23. The van der Waals surface area contributed by atoms with Gasteiger partial charge in [-0.3, -0.25) is 0 Å².